The van der Waals surface area contributed by atoms with E-state index < -0.39 is 10.0 Å². The minimum atomic E-state index is -3.17. The van der Waals surface area contributed by atoms with Gasteiger partial charge in [0.1, 0.15) is 0 Å². The van der Waals surface area contributed by atoms with Crippen molar-refractivity contribution in [3.05, 3.63) is 35.9 Å². The van der Waals surface area contributed by atoms with Crippen LogP contribution in [-0.4, -0.2) is 37.6 Å². The highest BCUT2D eigenvalue weighted by Gasteiger charge is 2.32. The lowest BCUT2D eigenvalue weighted by Gasteiger charge is -2.22. The Balaban J connectivity index is 0.00000180. The zero-order valence-electron chi connectivity index (χ0n) is 10.9. The second-order valence-corrected chi connectivity index (χ2v) is 6.74. The fourth-order valence-corrected chi connectivity index (χ4v) is 4.20. The molecule has 2 N–H and O–H groups in total. The van der Waals surface area contributed by atoms with E-state index in [-0.39, 0.29) is 24.2 Å². The number of hydrogen-bond donors (Lipinski definition) is 1. The van der Waals surface area contributed by atoms with Gasteiger partial charge in [-0.05, 0) is 24.8 Å². The van der Waals surface area contributed by atoms with E-state index in [9.17, 15) is 8.42 Å². The lowest BCUT2D eigenvalue weighted by Crippen LogP contribution is -2.41. The van der Waals surface area contributed by atoms with Crippen LogP contribution in [-0.2, 0) is 16.4 Å². The molecule has 0 aliphatic carbocycles. The van der Waals surface area contributed by atoms with E-state index in [1.807, 2.05) is 30.3 Å². The van der Waals surface area contributed by atoms with Crippen LogP contribution < -0.4 is 5.73 Å². The molecule has 0 bridgehead atoms. The molecule has 1 unspecified atom stereocenters. The van der Waals surface area contributed by atoms with Crippen LogP contribution in [0.4, 0.5) is 0 Å². The SMILES string of the molecule is Cl.NCC1CCCN1S(=O)(=O)CCc1ccccc1. The number of nitrogens with zero attached hydrogens (tertiary/aromatic N) is 1. The summed E-state index contributed by atoms with van der Waals surface area (Å²) in [6.45, 7) is 1.05. The first kappa shape index (κ1) is 16.4. The average molecular weight is 305 g/mol. The van der Waals surface area contributed by atoms with Crippen LogP contribution in [0.3, 0.4) is 0 Å². The fraction of sp³-hybridized carbons (Fsp3) is 0.538. The normalized spacial score (nSPS) is 20.2. The van der Waals surface area contributed by atoms with Gasteiger partial charge in [0.25, 0.3) is 0 Å². The Morgan fingerprint density at radius 2 is 1.95 bits per heavy atom. The van der Waals surface area contributed by atoms with Gasteiger partial charge in [-0.15, -0.1) is 12.4 Å². The predicted octanol–water partition coefficient (Wildman–Crippen LogP) is 1.40. The first-order valence-corrected chi connectivity index (χ1v) is 7.98. The van der Waals surface area contributed by atoms with Gasteiger partial charge >= 0.3 is 0 Å². The van der Waals surface area contributed by atoms with Gasteiger partial charge in [0.15, 0.2) is 0 Å². The quantitative estimate of drug-likeness (QED) is 0.894. The molecule has 1 aliphatic rings. The summed E-state index contributed by atoms with van der Waals surface area (Å²) in [4.78, 5) is 0. The summed E-state index contributed by atoms with van der Waals surface area (Å²) < 4.78 is 26.1. The van der Waals surface area contributed by atoms with E-state index in [2.05, 4.69) is 0 Å². The molecule has 108 valence electrons. The van der Waals surface area contributed by atoms with Gasteiger partial charge in [0, 0.05) is 19.1 Å². The van der Waals surface area contributed by atoms with Gasteiger partial charge < -0.3 is 5.73 Å². The van der Waals surface area contributed by atoms with Gasteiger partial charge in [-0.3, -0.25) is 0 Å². The second-order valence-electron chi connectivity index (χ2n) is 4.69. The fourth-order valence-electron chi connectivity index (χ4n) is 2.42. The topological polar surface area (TPSA) is 63.4 Å². The lowest BCUT2D eigenvalue weighted by molar-refractivity contribution is 0.393. The molecule has 0 spiro atoms. The molecule has 6 heteroatoms. The number of sulfonamides is 1. The third-order valence-electron chi connectivity index (χ3n) is 3.44. The summed E-state index contributed by atoms with van der Waals surface area (Å²) >= 11 is 0. The molecule has 0 radical (unpaired) electrons. The summed E-state index contributed by atoms with van der Waals surface area (Å²) in [6, 6.07) is 9.72. The molecule has 4 nitrogen and oxygen atoms in total. The van der Waals surface area contributed by atoms with Crippen molar-refractivity contribution < 1.29 is 8.42 Å². The maximum atomic E-state index is 12.2. The van der Waals surface area contributed by atoms with E-state index in [4.69, 9.17) is 5.73 Å². The van der Waals surface area contributed by atoms with Crippen molar-refractivity contribution in [2.45, 2.75) is 25.3 Å². The molecule has 0 saturated carbocycles. The number of halogens is 1. The molecule has 0 aromatic heterocycles. The molecule has 1 saturated heterocycles. The summed E-state index contributed by atoms with van der Waals surface area (Å²) in [6.07, 6.45) is 2.38. The Labute approximate surface area is 121 Å². The lowest BCUT2D eigenvalue weighted by atomic mass is 10.2. The van der Waals surface area contributed by atoms with Gasteiger partial charge in [0.2, 0.25) is 10.0 Å². The van der Waals surface area contributed by atoms with Gasteiger partial charge in [-0.25, -0.2) is 8.42 Å². The van der Waals surface area contributed by atoms with Crippen LogP contribution in [0.25, 0.3) is 0 Å². The van der Waals surface area contributed by atoms with Crippen molar-refractivity contribution in [3.63, 3.8) is 0 Å². The van der Waals surface area contributed by atoms with Crippen LogP contribution in [0, 0.1) is 0 Å². The Morgan fingerprint density at radius 3 is 2.58 bits per heavy atom. The number of aryl methyl sites for hydroxylation is 1. The first-order valence-electron chi connectivity index (χ1n) is 6.37. The van der Waals surface area contributed by atoms with Crippen molar-refractivity contribution in [1.82, 2.24) is 4.31 Å². The molecule has 1 atom stereocenters. The second kappa shape index (κ2) is 7.24. The number of hydrogen-bond acceptors (Lipinski definition) is 3. The number of nitrogens with two attached hydrogens (primary N) is 1. The highest BCUT2D eigenvalue weighted by Crippen LogP contribution is 2.21. The van der Waals surface area contributed by atoms with Gasteiger partial charge in [-0.1, -0.05) is 30.3 Å². The summed E-state index contributed by atoms with van der Waals surface area (Å²) in [7, 11) is -3.17. The van der Waals surface area contributed by atoms with E-state index in [1.54, 1.807) is 4.31 Å². The van der Waals surface area contributed by atoms with Crippen LogP contribution in [0.1, 0.15) is 18.4 Å². The van der Waals surface area contributed by atoms with Crippen LogP contribution in [0.15, 0.2) is 30.3 Å². The Kier molecular flexibility index (Phi) is 6.26. The summed E-state index contributed by atoms with van der Waals surface area (Å²) in [5, 5.41) is 0. The van der Waals surface area contributed by atoms with Crippen molar-refractivity contribution in [2.75, 3.05) is 18.8 Å². The zero-order chi connectivity index (χ0) is 13.0. The third-order valence-corrected chi connectivity index (χ3v) is 5.36. The maximum Gasteiger partial charge on any atom is 0.214 e. The van der Waals surface area contributed by atoms with E-state index in [1.165, 1.54) is 0 Å². The van der Waals surface area contributed by atoms with E-state index >= 15 is 0 Å². The first-order chi connectivity index (χ1) is 8.63. The number of benzene rings is 1. The number of rotatable bonds is 5. The molecule has 1 aromatic carbocycles. The minimum Gasteiger partial charge on any atom is -0.329 e. The molecule has 0 amide bonds. The highest BCUT2D eigenvalue weighted by atomic mass is 35.5. The molecule has 1 fully saturated rings. The van der Waals surface area contributed by atoms with Crippen molar-refractivity contribution in [2.24, 2.45) is 5.73 Å². The zero-order valence-corrected chi connectivity index (χ0v) is 12.5. The van der Waals surface area contributed by atoms with Crippen LogP contribution in [0.5, 0.6) is 0 Å². The van der Waals surface area contributed by atoms with Crippen LogP contribution >= 0.6 is 12.4 Å². The van der Waals surface area contributed by atoms with Crippen molar-refractivity contribution in [1.29, 1.82) is 0 Å². The largest absolute Gasteiger partial charge is 0.329 e. The Hall–Kier alpha value is -0.620. The molecule has 1 aromatic rings. The third kappa shape index (κ3) is 4.18. The smallest absolute Gasteiger partial charge is 0.214 e. The van der Waals surface area contributed by atoms with Crippen LogP contribution in [0.2, 0.25) is 0 Å². The highest BCUT2D eigenvalue weighted by molar-refractivity contribution is 7.89. The predicted molar refractivity (Wildman–Crippen MR) is 80.0 cm³/mol. The van der Waals surface area contributed by atoms with Gasteiger partial charge in [0.05, 0.1) is 5.75 Å². The standard InChI is InChI=1S/C13H20N2O2S.ClH/c14-11-13-7-4-9-15(13)18(16,17)10-8-12-5-2-1-3-6-12;/h1-3,5-6,13H,4,7-11,14H2;1H. The molecule has 1 heterocycles. The van der Waals surface area contributed by atoms with Crippen molar-refractivity contribution >= 4 is 22.4 Å². The molecular weight excluding hydrogens is 284 g/mol. The van der Waals surface area contributed by atoms with Gasteiger partial charge in [-0.2, -0.15) is 4.31 Å². The molecule has 19 heavy (non-hydrogen) atoms. The summed E-state index contributed by atoms with van der Waals surface area (Å²) in [5.41, 5.74) is 6.68. The summed E-state index contributed by atoms with van der Waals surface area (Å²) in [5.74, 6) is 0.174. The molecule has 2 rings (SSSR count). The Morgan fingerprint density at radius 1 is 1.26 bits per heavy atom. The average Bonchev–Trinajstić information content (AvgIpc) is 2.87. The molecular formula is C13H21ClN2O2S. The minimum absolute atomic E-state index is 0. The maximum absolute atomic E-state index is 12.2. The van der Waals surface area contributed by atoms with E-state index in [0.29, 0.717) is 19.5 Å². The monoisotopic (exact) mass is 304 g/mol. The Bertz CT molecular complexity index is 479. The van der Waals surface area contributed by atoms with E-state index in [0.717, 1.165) is 18.4 Å². The molecule has 1 aliphatic heterocycles. The van der Waals surface area contributed by atoms with Crippen molar-refractivity contribution in [3.8, 4) is 0 Å².